The van der Waals surface area contributed by atoms with Gasteiger partial charge in [-0.2, -0.15) is 11.3 Å². The Bertz CT molecular complexity index is 325. The van der Waals surface area contributed by atoms with Crippen LogP contribution in [0.1, 0.15) is 38.7 Å². The van der Waals surface area contributed by atoms with Gasteiger partial charge in [0.25, 0.3) is 0 Å². The highest BCUT2D eigenvalue weighted by Gasteiger charge is 2.10. The van der Waals surface area contributed by atoms with Crippen molar-refractivity contribution in [2.45, 2.75) is 45.6 Å². The first-order chi connectivity index (χ1) is 8.74. The molecule has 0 saturated heterocycles. The lowest BCUT2D eigenvalue weighted by Gasteiger charge is -2.13. The van der Waals surface area contributed by atoms with Crippen LogP contribution in [-0.4, -0.2) is 25.0 Å². The van der Waals surface area contributed by atoms with Crippen LogP contribution in [0.15, 0.2) is 16.8 Å². The zero-order valence-electron chi connectivity index (χ0n) is 11.4. The van der Waals surface area contributed by atoms with Crippen LogP contribution in [0.3, 0.4) is 0 Å². The van der Waals surface area contributed by atoms with Gasteiger partial charge in [0.15, 0.2) is 0 Å². The molecule has 1 unspecified atom stereocenters. The van der Waals surface area contributed by atoms with Gasteiger partial charge in [0.2, 0.25) is 5.91 Å². The van der Waals surface area contributed by atoms with Crippen LogP contribution in [0.2, 0.25) is 0 Å². The molecule has 3 nitrogen and oxygen atoms in total. The molecular weight excluding hydrogens is 244 g/mol. The van der Waals surface area contributed by atoms with Crippen molar-refractivity contribution in [1.29, 1.82) is 0 Å². The molecule has 1 aromatic heterocycles. The molecule has 0 radical (unpaired) electrons. The van der Waals surface area contributed by atoms with Crippen LogP contribution in [-0.2, 0) is 11.2 Å². The SMILES string of the molecule is CCCCCNC(=O)C(C)NCCc1ccsc1. The Labute approximate surface area is 114 Å². The second-order valence-corrected chi connectivity index (χ2v) is 5.34. The fourth-order valence-electron chi connectivity index (χ4n) is 1.70. The summed E-state index contributed by atoms with van der Waals surface area (Å²) in [6.07, 6.45) is 4.42. The number of nitrogens with one attached hydrogen (secondary N) is 2. The molecule has 0 aliphatic rings. The van der Waals surface area contributed by atoms with Gasteiger partial charge in [-0.15, -0.1) is 0 Å². The third-order valence-electron chi connectivity index (χ3n) is 2.92. The third kappa shape index (κ3) is 6.17. The van der Waals surface area contributed by atoms with Gasteiger partial charge in [0.05, 0.1) is 6.04 Å². The van der Waals surface area contributed by atoms with E-state index in [4.69, 9.17) is 0 Å². The fourth-order valence-corrected chi connectivity index (χ4v) is 2.40. The normalized spacial score (nSPS) is 12.3. The average Bonchev–Trinajstić information content (AvgIpc) is 2.87. The Kier molecular flexibility index (Phi) is 7.69. The lowest BCUT2D eigenvalue weighted by Crippen LogP contribution is -2.43. The first kappa shape index (κ1) is 15.2. The molecule has 102 valence electrons. The van der Waals surface area contributed by atoms with Gasteiger partial charge < -0.3 is 10.6 Å². The van der Waals surface area contributed by atoms with Crippen molar-refractivity contribution >= 4 is 17.2 Å². The molecule has 0 aliphatic carbocycles. The molecule has 0 bridgehead atoms. The van der Waals surface area contributed by atoms with Gasteiger partial charge in [-0.25, -0.2) is 0 Å². The summed E-state index contributed by atoms with van der Waals surface area (Å²) in [6.45, 7) is 5.72. The number of thiophene rings is 1. The molecule has 0 saturated carbocycles. The molecule has 4 heteroatoms. The summed E-state index contributed by atoms with van der Waals surface area (Å²) in [5.41, 5.74) is 1.34. The maximum absolute atomic E-state index is 11.7. The quantitative estimate of drug-likeness (QED) is 0.676. The lowest BCUT2D eigenvalue weighted by atomic mass is 10.2. The van der Waals surface area contributed by atoms with Crippen molar-refractivity contribution < 1.29 is 4.79 Å². The van der Waals surface area contributed by atoms with Crippen LogP contribution in [0, 0.1) is 0 Å². The van der Waals surface area contributed by atoms with Gasteiger partial charge in [-0.1, -0.05) is 19.8 Å². The zero-order chi connectivity index (χ0) is 13.2. The van der Waals surface area contributed by atoms with E-state index in [-0.39, 0.29) is 11.9 Å². The van der Waals surface area contributed by atoms with E-state index >= 15 is 0 Å². The van der Waals surface area contributed by atoms with E-state index < -0.39 is 0 Å². The summed E-state index contributed by atoms with van der Waals surface area (Å²) < 4.78 is 0. The van der Waals surface area contributed by atoms with Crippen molar-refractivity contribution in [3.63, 3.8) is 0 Å². The highest BCUT2D eigenvalue weighted by Crippen LogP contribution is 2.05. The molecule has 18 heavy (non-hydrogen) atoms. The molecule has 1 aromatic rings. The van der Waals surface area contributed by atoms with Crippen molar-refractivity contribution in [3.8, 4) is 0 Å². The van der Waals surface area contributed by atoms with E-state index in [0.717, 1.165) is 25.9 Å². The summed E-state index contributed by atoms with van der Waals surface area (Å²) >= 11 is 1.71. The Balaban J connectivity index is 2.08. The molecule has 1 amide bonds. The minimum atomic E-state index is -0.106. The molecule has 1 heterocycles. The van der Waals surface area contributed by atoms with E-state index in [2.05, 4.69) is 34.4 Å². The second-order valence-electron chi connectivity index (χ2n) is 4.56. The minimum Gasteiger partial charge on any atom is -0.355 e. The number of rotatable bonds is 9. The number of unbranched alkanes of at least 4 members (excludes halogenated alkanes) is 2. The van der Waals surface area contributed by atoms with Crippen molar-refractivity contribution in [3.05, 3.63) is 22.4 Å². The highest BCUT2D eigenvalue weighted by atomic mass is 32.1. The second kappa shape index (κ2) is 9.11. The largest absolute Gasteiger partial charge is 0.355 e. The standard InChI is InChI=1S/C14H24N2OS/c1-3-4-5-8-16-14(17)12(2)15-9-6-13-7-10-18-11-13/h7,10-12,15H,3-6,8-9H2,1-2H3,(H,16,17). The topological polar surface area (TPSA) is 41.1 Å². The molecule has 0 aromatic carbocycles. The smallest absolute Gasteiger partial charge is 0.236 e. The number of carbonyl (C=O) groups is 1. The molecular formula is C14H24N2OS. The van der Waals surface area contributed by atoms with E-state index in [1.165, 1.54) is 18.4 Å². The minimum absolute atomic E-state index is 0.106. The fraction of sp³-hybridized carbons (Fsp3) is 0.643. The van der Waals surface area contributed by atoms with Crippen LogP contribution in [0.25, 0.3) is 0 Å². The lowest BCUT2D eigenvalue weighted by molar-refractivity contribution is -0.122. The van der Waals surface area contributed by atoms with Crippen molar-refractivity contribution in [2.75, 3.05) is 13.1 Å². The molecule has 1 atom stereocenters. The van der Waals surface area contributed by atoms with E-state index in [1.807, 2.05) is 6.92 Å². The highest BCUT2D eigenvalue weighted by molar-refractivity contribution is 7.07. The van der Waals surface area contributed by atoms with Gasteiger partial charge in [-0.3, -0.25) is 4.79 Å². The molecule has 1 rings (SSSR count). The maximum atomic E-state index is 11.7. The zero-order valence-corrected chi connectivity index (χ0v) is 12.2. The van der Waals surface area contributed by atoms with E-state index in [9.17, 15) is 4.79 Å². The molecule has 0 aliphatic heterocycles. The Morgan fingerprint density at radius 1 is 1.39 bits per heavy atom. The molecule has 0 spiro atoms. The summed E-state index contributed by atoms with van der Waals surface area (Å²) in [7, 11) is 0. The average molecular weight is 268 g/mol. The number of hydrogen-bond donors (Lipinski definition) is 2. The summed E-state index contributed by atoms with van der Waals surface area (Å²) in [5.74, 6) is 0.108. The van der Waals surface area contributed by atoms with Crippen molar-refractivity contribution in [1.82, 2.24) is 10.6 Å². The van der Waals surface area contributed by atoms with Crippen molar-refractivity contribution in [2.24, 2.45) is 0 Å². The van der Waals surface area contributed by atoms with Crippen LogP contribution in [0.5, 0.6) is 0 Å². The monoisotopic (exact) mass is 268 g/mol. The Hall–Kier alpha value is -0.870. The Morgan fingerprint density at radius 3 is 2.89 bits per heavy atom. The first-order valence-corrected chi connectivity index (χ1v) is 7.70. The first-order valence-electron chi connectivity index (χ1n) is 6.76. The summed E-state index contributed by atoms with van der Waals surface area (Å²) in [4.78, 5) is 11.7. The van der Waals surface area contributed by atoms with E-state index in [1.54, 1.807) is 11.3 Å². The summed E-state index contributed by atoms with van der Waals surface area (Å²) in [5, 5.41) is 10.4. The molecule has 0 fully saturated rings. The van der Waals surface area contributed by atoms with Crippen LogP contribution in [0.4, 0.5) is 0 Å². The molecule has 2 N–H and O–H groups in total. The van der Waals surface area contributed by atoms with Gasteiger partial charge >= 0.3 is 0 Å². The Morgan fingerprint density at radius 2 is 2.22 bits per heavy atom. The van der Waals surface area contributed by atoms with Crippen LogP contribution < -0.4 is 10.6 Å². The number of hydrogen-bond acceptors (Lipinski definition) is 3. The van der Waals surface area contributed by atoms with Gasteiger partial charge in [0.1, 0.15) is 0 Å². The van der Waals surface area contributed by atoms with Crippen LogP contribution >= 0.6 is 11.3 Å². The summed E-state index contributed by atoms with van der Waals surface area (Å²) in [6, 6.07) is 2.02. The van der Waals surface area contributed by atoms with Gasteiger partial charge in [-0.05, 0) is 48.7 Å². The van der Waals surface area contributed by atoms with E-state index in [0.29, 0.717) is 0 Å². The number of carbonyl (C=O) groups excluding carboxylic acids is 1. The third-order valence-corrected chi connectivity index (χ3v) is 3.65. The maximum Gasteiger partial charge on any atom is 0.236 e. The van der Waals surface area contributed by atoms with Gasteiger partial charge in [0, 0.05) is 6.54 Å². The predicted molar refractivity (Wildman–Crippen MR) is 78.0 cm³/mol. The predicted octanol–water partition coefficient (Wildman–Crippen LogP) is 2.58. The number of amides is 1.